The maximum atomic E-state index is 13.4. The summed E-state index contributed by atoms with van der Waals surface area (Å²) in [5, 5.41) is 4.90. The van der Waals surface area contributed by atoms with Crippen molar-refractivity contribution in [1.82, 2.24) is 4.98 Å². The van der Waals surface area contributed by atoms with Gasteiger partial charge in [0.05, 0.1) is 17.6 Å². The Morgan fingerprint density at radius 2 is 2.07 bits per heavy atom. The minimum absolute atomic E-state index is 0.189. The lowest BCUT2D eigenvalue weighted by molar-refractivity contribution is 0.102. The molecule has 0 saturated carbocycles. The molecule has 1 aromatic heterocycles. The largest absolute Gasteiger partial charge is 0.298 e. The average Bonchev–Trinajstić information content (AvgIpc) is 3.23. The number of nitrogens with zero attached hydrogens (tertiary/aromatic N) is 2. The van der Waals surface area contributed by atoms with E-state index in [1.165, 1.54) is 34.0 Å². The van der Waals surface area contributed by atoms with E-state index in [0.717, 1.165) is 5.56 Å². The zero-order valence-corrected chi connectivity index (χ0v) is 17.3. The highest BCUT2D eigenvalue weighted by Gasteiger charge is 2.32. The molecule has 2 heterocycles. The number of rotatable bonds is 4. The molecule has 29 heavy (non-hydrogen) atoms. The van der Waals surface area contributed by atoms with E-state index in [-0.39, 0.29) is 17.8 Å². The van der Waals surface area contributed by atoms with Crippen LogP contribution in [0, 0.1) is 5.82 Å². The molecule has 0 radical (unpaired) electrons. The number of aromatic nitrogens is 1. The van der Waals surface area contributed by atoms with E-state index in [1.807, 2.05) is 6.92 Å². The highest BCUT2D eigenvalue weighted by atomic mass is 32.2. The maximum Gasteiger partial charge on any atom is 0.257 e. The number of hydrogen-bond donors (Lipinski definition) is 1. The molecule has 1 aliphatic heterocycles. The van der Waals surface area contributed by atoms with E-state index >= 15 is 0 Å². The van der Waals surface area contributed by atoms with Gasteiger partial charge in [-0.3, -0.25) is 14.4 Å². The topological polar surface area (TPSA) is 79.4 Å². The standard InChI is InChI=1S/C20H18FN3O3S2/c1-12-8-15-9-14(6-7-18(15)24(12)29(2,26)27)19(25)23-20-22-17(11-28-20)13-4-3-5-16(21)10-13/h3-7,9-12H,8H2,1-2H3,(H,22,23,25). The number of nitrogens with one attached hydrogen (secondary N) is 1. The van der Waals surface area contributed by atoms with Gasteiger partial charge in [0, 0.05) is 22.5 Å². The fourth-order valence-electron chi connectivity index (χ4n) is 3.53. The number of carbonyl (C=O) groups is 1. The molecule has 150 valence electrons. The van der Waals surface area contributed by atoms with Gasteiger partial charge in [0.15, 0.2) is 5.13 Å². The molecular weight excluding hydrogens is 413 g/mol. The first-order chi connectivity index (χ1) is 13.7. The maximum absolute atomic E-state index is 13.4. The molecule has 1 atom stereocenters. The molecule has 0 aliphatic carbocycles. The van der Waals surface area contributed by atoms with E-state index in [4.69, 9.17) is 0 Å². The Labute approximate surface area is 172 Å². The number of benzene rings is 2. The van der Waals surface area contributed by atoms with Gasteiger partial charge in [-0.1, -0.05) is 12.1 Å². The van der Waals surface area contributed by atoms with Crippen molar-refractivity contribution < 1.29 is 17.6 Å². The van der Waals surface area contributed by atoms with Crippen LogP contribution in [0.25, 0.3) is 11.3 Å². The van der Waals surface area contributed by atoms with E-state index < -0.39 is 10.0 Å². The fourth-order valence-corrected chi connectivity index (χ4v) is 5.51. The Kier molecular flexibility index (Phi) is 4.87. The van der Waals surface area contributed by atoms with Crippen molar-refractivity contribution in [2.75, 3.05) is 15.9 Å². The third kappa shape index (κ3) is 3.88. The van der Waals surface area contributed by atoms with Crippen LogP contribution in [-0.4, -0.2) is 31.6 Å². The van der Waals surface area contributed by atoms with Gasteiger partial charge in [0.1, 0.15) is 5.82 Å². The first-order valence-corrected chi connectivity index (χ1v) is 11.6. The van der Waals surface area contributed by atoms with E-state index in [1.54, 1.807) is 35.7 Å². The van der Waals surface area contributed by atoms with Crippen LogP contribution in [0.5, 0.6) is 0 Å². The monoisotopic (exact) mass is 431 g/mol. The summed E-state index contributed by atoms with van der Waals surface area (Å²) in [5.41, 5.74) is 3.06. The Morgan fingerprint density at radius 1 is 1.28 bits per heavy atom. The van der Waals surface area contributed by atoms with Crippen molar-refractivity contribution in [1.29, 1.82) is 0 Å². The Balaban J connectivity index is 1.54. The van der Waals surface area contributed by atoms with E-state index in [9.17, 15) is 17.6 Å². The molecule has 0 bridgehead atoms. The lowest BCUT2D eigenvalue weighted by atomic mass is 10.1. The van der Waals surface area contributed by atoms with Gasteiger partial charge in [-0.05, 0) is 49.2 Å². The summed E-state index contributed by atoms with van der Waals surface area (Å²) in [4.78, 5) is 17.0. The summed E-state index contributed by atoms with van der Waals surface area (Å²) in [6.45, 7) is 1.84. The SMILES string of the molecule is CC1Cc2cc(C(=O)Nc3nc(-c4cccc(F)c4)cs3)ccc2N1S(C)(=O)=O. The van der Waals surface area contributed by atoms with Crippen LogP contribution < -0.4 is 9.62 Å². The second kappa shape index (κ2) is 7.23. The molecule has 2 aromatic carbocycles. The second-order valence-electron chi connectivity index (χ2n) is 6.96. The van der Waals surface area contributed by atoms with Crippen LogP contribution in [0.15, 0.2) is 47.8 Å². The summed E-state index contributed by atoms with van der Waals surface area (Å²) in [5.74, 6) is -0.685. The molecule has 0 spiro atoms. The zero-order chi connectivity index (χ0) is 20.8. The van der Waals surface area contributed by atoms with Crippen molar-refractivity contribution in [2.24, 2.45) is 0 Å². The van der Waals surface area contributed by atoms with Gasteiger partial charge in [-0.15, -0.1) is 11.3 Å². The van der Waals surface area contributed by atoms with E-state index in [2.05, 4.69) is 10.3 Å². The predicted molar refractivity (Wildman–Crippen MR) is 112 cm³/mol. The molecule has 0 saturated heterocycles. The molecule has 1 unspecified atom stereocenters. The highest BCUT2D eigenvalue weighted by molar-refractivity contribution is 7.92. The second-order valence-corrected chi connectivity index (χ2v) is 9.68. The van der Waals surface area contributed by atoms with Gasteiger partial charge in [0.2, 0.25) is 10.0 Å². The lowest BCUT2D eigenvalue weighted by Gasteiger charge is -2.21. The summed E-state index contributed by atoms with van der Waals surface area (Å²) in [6.07, 6.45) is 1.72. The first kappa shape index (κ1) is 19.5. The first-order valence-electron chi connectivity index (χ1n) is 8.87. The minimum atomic E-state index is -3.38. The Morgan fingerprint density at radius 3 is 2.79 bits per heavy atom. The molecule has 1 amide bonds. The molecule has 4 rings (SSSR count). The molecule has 3 aromatic rings. The van der Waals surface area contributed by atoms with E-state index in [0.29, 0.717) is 34.1 Å². The van der Waals surface area contributed by atoms with Crippen molar-refractivity contribution in [3.8, 4) is 11.3 Å². The van der Waals surface area contributed by atoms with Crippen LogP contribution >= 0.6 is 11.3 Å². The van der Waals surface area contributed by atoms with Crippen molar-refractivity contribution in [3.05, 3.63) is 64.8 Å². The summed E-state index contributed by atoms with van der Waals surface area (Å²) < 4.78 is 38.8. The number of thiazole rings is 1. The highest BCUT2D eigenvalue weighted by Crippen LogP contribution is 2.35. The lowest BCUT2D eigenvalue weighted by Crippen LogP contribution is -2.34. The minimum Gasteiger partial charge on any atom is -0.298 e. The third-order valence-electron chi connectivity index (χ3n) is 4.70. The van der Waals surface area contributed by atoms with Gasteiger partial charge in [0.25, 0.3) is 5.91 Å². The third-order valence-corrected chi connectivity index (χ3v) is 6.73. The molecule has 1 aliphatic rings. The average molecular weight is 432 g/mol. The normalized spacial score (nSPS) is 16.0. The number of anilines is 2. The van der Waals surface area contributed by atoms with Crippen molar-refractivity contribution in [3.63, 3.8) is 0 Å². The van der Waals surface area contributed by atoms with Crippen LogP contribution in [-0.2, 0) is 16.4 Å². The van der Waals surface area contributed by atoms with Crippen LogP contribution in [0.3, 0.4) is 0 Å². The fraction of sp³-hybridized carbons (Fsp3) is 0.200. The number of fused-ring (bicyclic) bond motifs is 1. The summed E-state index contributed by atoms with van der Waals surface area (Å²) in [7, 11) is -3.38. The molecular formula is C20H18FN3O3S2. The molecule has 9 heteroatoms. The Hall–Kier alpha value is -2.78. The summed E-state index contributed by atoms with van der Waals surface area (Å²) in [6, 6.07) is 10.9. The predicted octanol–water partition coefficient (Wildman–Crippen LogP) is 3.91. The Bertz CT molecular complexity index is 1210. The van der Waals surface area contributed by atoms with Crippen molar-refractivity contribution >= 4 is 38.1 Å². The van der Waals surface area contributed by atoms with Gasteiger partial charge in [-0.2, -0.15) is 0 Å². The molecule has 6 nitrogen and oxygen atoms in total. The van der Waals surface area contributed by atoms with Crippen LogP contribution in [0.1, 0.15) is 22.8 Å². The van der Waals surface area contributed by atoms with Crippen LogP contribution in [0.2, 0.25) is 0 Å². The van der Waals surface area contributed by atoms with Gasteiger partial charge < -0.3 is 0 Å². The molecule has 1 N–H and O–H groups in total. The number of sulfonamides is 1. The number of hydrogen-bond acceptors (Lipinski definition) is 5. The number of halogens is 1. The summed E-state index contributed by atoms with van der Waals surface area (Å²) >= 11 is 1.25. The van der Waals surface area contributed by atoms with Gasteiger partial charge in [-0.25, -0.2) is 17.8 Å². The van der Waals surface area contributed by atoms with Crippen molar-refractivity contribution in [2.45, 2.75) is 19.4 Å². The smallest absolute Gasteiger partial charge is 0.257 e. The number of amides is 1. The van der Waals surface area contributed by atoms with Gasteiger partial charge >= 0.3 is 0 Å². The van der Waals surface area contributed by atoms with Crippen LogP contribution in [0.4, 0.5) is 15.2 Å². The number of carbonyl (C=O) groups excluding carboxylic acids is 1. The quantitative estimate of drug-likeness (QED) is 0.679. The molecule has 0 fully saturated rings. The zero-order valence-electron chi connectivity index (χ0n) is 15.7.